The third kappa shape index (κ3) is 4.65. The number of benzene rings is 1. The molecule has 7 heteroatoms. The van der Waals surface area contributed by atoms with Crippen LogP contribution >= 0.6 is 0 Å². The summed E-state index contributed by atoms with van der Waals surface area (Å²) in [5.74, 6) is 0.290. The van der Waals surface area contributed by atoms with Gasteiger partial charge >= 0.3 is 5.69 Å². The Morgan fingerprint density at radius 2 is 1.92 bits per heavy atom. The first-order valence-electron chi connectivity index (χ1n) is 8.33. The number of carbonyl (C=O) groups is 1. The molecule has 0 unspecified atom stereocenters. The van der Waals surface area contributed by atoms with E-state index in [0.717, 1.165) is 12.0 Å². The zero-order valence-electron chi connectivity index (χ0n) is 15.1. The van der Waals surface area contributed by atoms with Gasteiger partial charge in [-0.1, -0.05) is 38.1 Å². The molecule has 0 fully saturated rings. The molecule has 7 nitrogen and oxygen atoms in total. The number of aromatic nitrogens is 2. The largest absolute Gasteiger partial charge is 0.354 e. The Hall–Kier alpha value is -2.70. The summed E-state index contributed by atoms with van der Waals surface area (Å²) in [6.07, 6.45) is 0.737. The molecule has 0 spiro atoms. The van der Waals surface area contributed by atoms with Gasteiger partial charge in [0, 0.05) is 6.54 Å². The normalized spacial score (nSPS) is 10.9. The smallest absolute Gasteiger partial charge is 0.312 e. The van der Waals surface area contributed by atoms with Crippen LogP contribution in [0.3, 0.4) is 0 Å². The van der Waals surface area contributed by atoms with Crippen LogP contribution in [0.4, 0.5) is 5.69 Å². The van der Waals surface area contributed by atoms with Crippen molar-refractivity contribution in [2.45, 2.75) is 46.6 Å². The lowest BCUT2D eigenvalue weighted by molar-refractivity contribution is -0.386. The molecular formula is C18H24N4O3. The van der Waals surface area contributed by atoms with Crippen molar-refractivity contribution in [1.82, 2.24) is 15.1 Å². The van der Waals surface area contributed by atoms with E-state index in [9.17, 15) is 14.9 Å². The Bertz CT molecular complexity index is 763. The Morgan fingerprint density at radius 3 is 2.44 bits per heavy atom. The average Bonchev–Trinajstić information content (AvgIpc) is 2.81. The second kappa shape index (κ2) is 7.92. The van der Waals surface area contributed by atoms with Crippen LogP contribution in [-0.4, -0.2) is 27.2 Å². The minimum Gasteiger partial charge on any atom is -0.354 e. The van der Waals surface area contributed by atoms with Crippen molar-refractivity contribution in [3.8, 4) is 0 Å². The van der Waals surface area contributed by atoms with Gasteiger partial charge in [-0.05, 0) is 37.3 Å². The van der Waals surface area contributed by atoms with E-state index >= 15 is 0 Å². The van der Waals surface area contributed by atoms with Crippen molar-refractivity contribution in [2.24, 2.45) is 0 Å². The average molecular weight is 344 g/mol. The second-order valence-electron chi connectivity index (χ2n) is 6.43. The maximum absolute atomic E-state index is 12.0. The first kappa shape index (κ1) is 18.6. The zero-order chi connectivity index (χ0) is 18.6. The summed E-state index contributed by atoms with van der Waals surface area (Å²) in [6.45, 7) is 7.97. The van der Waals surface area contributed by atoms with Crippen LogP contribution in [0, 0.1) is 24.0 Å². The number of amides is 1. The van der Waals surface area contributed by atoms with E-state index in [1.165, 1.54) is 10.2 Å². The van der Waals surface area contributed by atoms with Crippen molar-refractivity contribution >= 4 is 11.6 Å². The Morgan fingerprint density at radius 1 is 1.28 bits per heavy atom. The maximum atomic E-state index is 12.0. The highest BCUT2D eigenvalue weighted by Gasteiger charge is 2.22. The quantitative estimate of drug-likeness (QED) is 0.618. The predicted molar refractivity (Wildman–Crippen MR) is 95.6 cm³/mol. The topological polar surface area (TPSA) is 90.1 Å². The Kier molecular flexibility index (Phi) is 5.90. The predicted octanol–water partition coefficient (Wildman–Crippen LogP) is 2.89. The van der Waals surface area contributed by atoms with Crippen molar-refractivity contribution in [2.75, 3.05) is 6.54 Å². The van der Waals surface area contributed by atoms with Crippen LogP contribution < -0.4 is 5.32 Å². The van der Waals surface area contributed by atoms with Gasteiger partial charge in [0.15, 0.2) is 0 Å². The molecule has 0 atom stereocenters. The summed E-state index contributed by atoms with van der Waals surface area (Å²) >= 11 is 0. The Labute approximate surface area is 147 Å². The van der Waals surface area contributed by atoms with Crippen molar-refractivity contribution in [3.63, 3.8) is 0 Å². The summed E-state index contributed by atoms with van der Waals surface area (Å²) in [6, 6.07) is 8.37. The molecule has 0 bridgehead atoms. The third-order valence-corrected chi connectivity index (χ3v) is 4.20. The lowest BCUT2D eigenvalue weighted by atomic mass is 10.0. The molecule has 1 N–H and O–H groups in total. The molecule has 1 aromatic carbocycles. The van der Waals surface area contributed by atoms with Gasteiger partial charge in [-0.15, -0.1) is 0 Å². The van der Waals surface area contributed by atoms with Crippen molar-refractivity contribution in [3.05, 3.63) is 56.9 Å². The van der Waals surface area contributed by atoms with Gasteiger partial charge in [0.05, 0.1) is 4.92 Å². The number of nitrogens with zero attached hydrogens (tertiary/aromatic N) is 3. The van der Waals surface area contributed by atoms with Crippen LogP contribution in [0.15, 0.2) is 24.3 Å². The molecule has 0 radical (unpaired) electrons. The lowest BCUT2D eigenvalue weighted by Gasteiger charge is -2.08. The molecule has 2 aromatic rings. The van der Waals surface area contributed by atoms with E-state index < -0.39 is 4.92 Å². The van der Waals surface area contributed by atoms with Gasteiger partial charge in [0.1, 0.15) is 17.9 Å². The molecule has 1 aromatic heterocycles. The number of rotatable bonds is 7. The number of aryl methyl sites for hydroxylation is 1. The van der Waals surface area contributed by atoms with E-state index in [2.05, 4.69) is 48.5 Å². The summed E-state index contributed by atoms with van der Waals surface area (Å²) in [4.78, 5) is 22.6. The highest BCUT2D eigenvalue weighted by atomic mass is 16.6. The molecule has 1 heterocycles. The van der Waals surface area contributed by atoms with Crippen LogP contribution in [-0.2, 0) is 17.8 Å². The van der Waals surface area contributed by atoms with Crippen molar-refractivity contribution < 1.29 is 9.72 Å². The zero-order valence-corrected chi connectivity index (χ0v) is 15.1. The molecule has 0 saturated carbocycles. The fourth-order valence-electron chi connectivity index (χ4n) is 2.71. The molecule has 0 aliphatic heterocycles. The van der Waals surface area contributed by atoms with Gasteiger partial charge in [-0.25, -0.2) is 0 Å². The molecule has 25 heavy (non-hydrogen) atoms. The van der Waals surface area contributed by atoms with Crippen molar-refractivity contribution in [1.29, 1.82) is 0 Å². The van der Waals surface area contributed by atoms with E-state index in [1.54, 1.807) is 13.8 Å². The standard InChI is InChI=1S/C18H24N4O3/c1-12(2)16-7-5-15(6-8-16)9-10-19-17(23)11-21-14(4)18(22(24)25)13(3)20-21/h5-8,12H,9-11H2,1-4H3,(H,19,23). The lowest BCUT2D eigenvalue weighted by Crippen LogP contribution is -2.30. The highest BCUT2D eigenvalue weighted by molar-refractivity contribution is 5.75. The van der Waals surface area contributed by atoms with E-state index in [4.69, 9.17) is 0 Å². The molecular weight excluding hydrogens is 320 g/mol. The number of nitro groups is 1. The van der Waals surface area contributed by atoms with Crippen LogP contribution in [0.25, 0.3) is 0 Å². The molecule has 1 amide bonds. The fraction of sp³-hybridized carbons (Fsp3) is 0.444. The van der Waals surface area contributed by atoms with Gasteiger partial charge < -0.3 is 5.32 Å². The molecule has 0 saturated heterocycles. The van der Waals surface area contributed by atoms with Gasteiger partial charge in [0.2, 0.25) is 5.91 Å². The minimum atomic E-state index is -0.465. The second-order valence-corrected chi connectivity index (χ2v) is 6.43. The first-order valence-corrected chi connectivity index (χ1v) is 8.33. The third-order valence-electron chi connectivity index (χ3n) is 4.20. The summed E-state index contributed by atoms with van der Waals surface area (Å²) in [5.41, 5.74) is 3.13. The minimum absolute atomic E-state index is 0.0210. The summed E-state index contributed by atoms with van der Waals surface area (Å²) < 4.78 is 1.38. The highest BCUT2D eigenvalue weighted by Crippen LogP contribution is 2.21. The monoisotopic (exact) mass is 344 g/mol. The summed E-state index contributed by atoms with van der Waals surface area (Å²) in [5, 5.41) is 17.9. The first-order chi connectivity index (χ1) is 11.8. The maximum Gasteiger partial charge on any atom is 0.312 e. The van der Waals surface area contributed by atoms with Gasteiger partial charge in [0.25, 0.3) is 0 Å². The number of hydrogen-bond donors (Lipinski definition) is 1. The molecule has 0 aliphatic carbocycles. The van der Waals surface area contributed by atoms with E-state index in [1.807, 2.05) is 0 Å². The van der Waals surface area contributed by atoms with Gasteiger partial charge in [-0.2, -0.15) is 5.10 Å². The molecule has 134 valence electrons. The van der Waals surface area contributed by atoms with E-state index in [-0.39, 0.29) is 18.1 Å². The van der Waals surface area contributed by atoms with Crippen LogP contribution in [0.2, 0.25) is 0 Å². The number of nitrogens with one attached hydrogen (secondary N) is 1. The van der Waals surface area contributed by atoms with Gasteiger partial charge in [-0.3, -0.25) is 19.6 Å². The summed E-state index contributed by atoms with van der Waals surface area (Å²) in [7, 11) is 0. The molecule has 2 rings (SSSR count). The van der Waals surface area contributed by atoms with Crippen LogP contribution in [0.1, 0.15) is 42.3 Å². The number of hydrogen-bond acceptors (Lipinski definition) is 4. The molecule has 0 aliphatic rings. The fourth-order valence-corrected chi connectivity index (χ4v) is 2.71. The van der Waals surface area contributed by atoms with Crippen LogP contribution in [0.5, 0.6) is 0 Å². The van der Waals surface area contributed by atoms with E-state index in [0.29, 0.717) is 23.9 Å². The SMILES string of the molecule is Cc1nn(CC(=O)NCCc2ccc(C(C)C)cc2)c(C)c1[N+](=O)[O-]. The Balaban J connectivity index is 1.87. The number of carbonyl (C=O) groups excluding carboxylic acids is 1.